The van der Waals surface area contributed by atoms with Gasteiger partial charge in [0.2, 0.25) is 0 Å². The van der Waals surface area contributed by atoms with Crippen molar-refractivity contribution in [2.24, 2.45) is 0 Å². The van der Waals surface area contributed by atoms with E-state index in [1.165, 1.54) is 18.2 Å². The number of thiophene rings is 1. The van der Waals surface area contributed by atoms with Crippen molar-refractivity contribution < 1.29 is 23.1 Å². The van der Waals surface area contributed by atoms with Gasteiger partial charge in [0.1, 0.15) is 16.3 Å². The fraction of sp³-hybridized carbons (Fsp3) is 0.222. The van der Waals surface area contributed by atoms with E-state index in [1.807, 2.05) is 0 Å². The second-order valence-electron chi connectivity index (χ2n) is 5.49. The van der Waals surface area contributed by atoms with Crippen LogP contribution in [0.15, 0.2) is 28.7 Å². The molecule has 0 aliphatic heterocycles. The maximum Gasteiger partial charge on any atom is 0.348 e. The van der Waals surface area contributed by atoms with Crippen LogP contribution in [0.1, 0.15) is 38.3 Å². The first-order chi connectivity index (χ1) is 11.9. The average Bonchev–Trinajstić information content (AvgIpc) is 3.08. The number of hydrogen-bond donors (Lipinski definition) is 1. The number of esters is 1. The Morgan fingerprint density at radius 2 is 2.04 bits per heavy atom. The zero-order valence-electron chi connectivity index (χ0n) is 13.9. The molecule has 5 nitrogen and oxygen atoms in total. The van der Waals surface area contributed by atoms with E-state index in [1.54, 1.807) is 26.8 Å². The van der Waals surface area contributed by atoms with E-state index in [-0.39, 0.29) is 12.4 Å². The molecule has 0 aliphatic carbocycles. The first-order valence-corrected chi connectivity index (χ1v) is 8.50. The minimum Gasteiger partial charge on any atom is -0.462 e. The van der Waals surface area contributed by atoms with Crippen LogP contribution in [0.5, 0.6) is 0 Å². The summed E-state index contributed by atoms with van der Waals surface area (Å²) in [5, 5.41) is 3.78. The van der Waals surface area contributed by atoms with Gasteiger partial charge < -0.3 is 14.5 Å². The Balaban J connectivity index is 1.87. The third kappa shape index (κ3) is 3.28. The molecule has 1 aromatic carbocycles. The van der Waals surface area contributed by atoms with Gasteiger partial charge in [0.05, 0.1) is 11.6 Å². The second kappa shape index (κ2) is 6.68. The van der Waals surface area contributed by atoms with E-state index in [4.69, 9.17) is 9.15 Å². The number of aryl methyl sites for hydroxylation is 2. The molecule has 0 saturated heterocycles. The van der Waals surface area contributed by atoms with Gasteiger partial charge >= 0.3 is 5.97 Å². The van der Waals surface area contributed by atoms with Gasteiger partial charge in [-0.25, -0.2) is 9.18 Å². The Labute approximate surface area is 147 Å². The number of furan rings is 1. The first-order valence-electron chi connectivity index (χ1n) is 7.68. The van der Waals surface area contributed by atoms with Crippen LogP contribution in [-0.2, 0) is 4.74 Å². The van der Waals surface area contributed by atoms with E-state index in [0.717, 1.165) is 16.9 Å². The minimum absolute atomic E-state index is 0.115. The molecule has 0 fully saturated rings. The summed E-state index contributed by atoms with van der Waals surface area (Å²) in [5.74, 6) is -1.15. The van der Waals surface area contributed by atoms with Gasteiger partial charge in [-0.2, -0.15) is 0 Å². The summed E-state index contributed by atoms with van der Waals surface area (Å²) < 4.78 is 23.9. The lowest BCUT2D eigenvalue weighted by molar-refractivity contribution is 0.0531. The summed E-state index contributed by atoms with van der Waals surface area (Å²) in [6.07, 6.45) is 0. The Hall–Kier alpha value is -2.67. The largest absolute Gasteiger partial charge is 0.462 e. The number of nitrogens with one attached hydrogen (secondary N) is 1. The molecule has 130 valence electrons. The number of carbonyl (C=O) groups is 2. The molecule has 0 saturated carbocycles. The van der Waals surface area contributed by atoms with Gasteiger partial charge in [0, 0.05) is 10.9 Å². The maximum absolute atomic E-state index is 13.4. The van der Waals surface area contributed by atoms with Gasteiger partial charge in [-0.1, -0.05) is 0 Å². The van der Waals surface area contributed by atoms with Crippen molar-refractivity contribution in [3.8, 4) is 0 Å². The number of hydrogen-bond acceptors (Lipinski definition) is 5. The molecule has 0 aliphatic rings. The third-order valence-corrected chi connectivity index (χ3v) is 4.85. The van der Waals surface area contributed by atoms with Crippen molar-refractivity contribution in [2.45, 2.75) is 20.8 Å². The van der Waals surface area contributed by atoms with Crippen molar-refractivity contribution in [3.05, 3.63) is 51.8 Å². The maximum atomic E-state index is 13.4. The summed E-state index contributed by atoms with van der Waals surface area (Å²) in [7, 11) is 0. The zero-order chi connectivity index (χ0) is 18.1. The summed E-state index contributed by atoms with van der Waals surface area (Å²) in [6, 6.07) is 5.80. The topological polar surface area (TPSA) is 68.5 Å². The van der Waals surface area contributed by atoms with Crippen molar-refractivity contribution in [3.63, 3.8) is 0 Å². The monoisotopic (exact) mass is 361 g/mol. The van der Waals surface area contributed by atoms with Crippen LogP contribution in [0.2, 0.25) is 0 Å². The highest BCUT2D eigenvalue weighted by molar-refractivity contribution is 7.18. The van der Waals surface area contributed by atoms with Crippen molar-refractivity contribution >= 4 is 39.2 Å². The molecule has 1 amide bonds. The van der Waals surface area contributed by atoms with Crippen molar-refractivity contribution in [1.82, 2.24) is 0 Å². The van der Waals surface area contributed by atoms with E-state index >= 15 is 0 Å². The van der Waals surface area contributed by atoms with Gasteiger partial charge in [-0.05, 0) is 50.6 Å². The molecular weight excluding hydrogens is 345 g/mol. The fourth-order valence-corrected chi connectivity index (χ4v) is 3.48. The highest BCUT2D eigenvalue weighted by Gasteiger charge is 2.21. The number of benzene rings is 1. The van der Waals surface area contributed by atoms with Crippen LogP contribution in [0.25, 0.3) is 11.0 Å². The highest BCUT2D eigenvalue weighted by Crippen LogP contribution is 2.30. The Kier molecular flexibility index (Phi) is 4.59. The number of halogens is 1. The third-order valence-electron chi connectivity index (χ3n) is 3.72. The lowest BCUT2D eigenvalue weighted by atomic mass is 10.1. The van der Waals surface area contributed by atoms with Crippen LogP contribution in [0.3, 0.4) is 0 Å². The lowest BCUT2D eigenvalue weighted by Gasteiger charge is -2.00. The molecular formula is C18H16FNO4S. The van der Waals surface area contributed by atoms with Gasteiger partial charge in [0.15, 0.2) is 5.76 Å². The van der Waals surface area contributed by atoms with E-state index < -0.39 is 17.7 Å². The van der Waals surface area contributed by atoms with Crippen LogP contribution >= 0.6 is 11.3 Å². The number of anilines is 1. The molecule has 0 radical (unpaired) electrons. The predicted molar refractivity (Wildman–Crippen MR) is 93.9 cm³/mol. The van der Waals surface area contributed by atoms with Crippen LogP contribution in [0.4, 0.5) is 9.39 Å². The first kappa shape index (κ1) is 17.2. The van der Waals surface area contributed by atoms with Gasteiger partial charge in [0.25, 0.3) is 5.91 Å². The summed E-state index contributed by atoms with van der Waals surface area (Å²) in [5.41, 5.74) is 1.73. The van der Waals surface area contributed by atoms with Crippen molar-refractivity contribution in [2.75, 3.05) is 11.9 Å². The molecule has 2 heterocycles. The standard InChI is InChI=1S/C18H16FNO4S/c1-4-23-18(22)16-9(2)7-14(25-16)20-17(21)15-10(3)12-8-11(19)5-6-13(12)24-15/h5-8H,4H2,1-3H3,(H,20,21). The molecule has 0 spiro atoms. The minimum atomic E-state index is -0.453. The molecule has 1 N–H and O–H groups in total. The van der Waals surface area contributed by atoms with E-state index in [2.05, 4.69) is 5.32 Å². The van der Waals surface area contributed by atoms with E-state index in [9.17, 15) is 14.0 Å². The van der Waals surface area contributed by atoms with Crippen LogP contribution < -0.4 is 5.32 Å². The summed E-state index contributed by atoms with van der Waals surface area (Å²) in [6.45, 7) is 5.49. The van der Waals surface area contributed by atoms with Gasteiger partial charge in [-0.3, -0.25) is 4.79 Å². The summed E-state index contributed by atoms with van der Waals surface area (Å²) in [4.78, 5) is 24.8. The molecule has 3 rings (SSSR count). The van der Waals surface area contributed by atoms with E-state index in [0.29, 0.717) is 26.4 Å². The van der Waals surface area contributed by atoms with Crippen molar-refractivity contribution in [1.29, 1.82) is 0 Å². The summed E-state index contributed by atoms with van der Waals surface area (Å²) >= 11 is 1.14. The normalized spacial score (nSPS) is 10.9. The molecule has 3 aromatic rings. The second-order valence-corrected chi connectivity index (χ2v) is 6.55. The van der Waals surface area contributed by atoms with Crippen LogP contribution in [0, 0.1) is 19.7 Å². The smallest absolute Gasteiger partial charge is 0.348 e. The SMILES string of the molecule is CCOC(=O)c1sc(NC(=O)c2oc3ccc(F)cc3c2C)cc1C. The molecule has 0 atom stereocenters. The predicted octanol–water partition coefficient (Wildman–Crippen LogP) is 4.68. The Morgan fingerprint density at radius 3 is 2.76 bits per heavy atom. The number of ether oxygens (including phenoxy) is 1. The Bertz CT molecular complexity index is 973. The number of rotatable bonds is 4. The average molecular weight is 361 g/mol. The molecule has 2 aromatic heterocycles. The molecule has 7 heteroatoms. The zero-order valence-corrected chi connectivity index (χ0v) is 14.8. The quantitative estimate of drug-likeness (QED) is 0.685. The van der Waals surface area contributed by atoms with Gasteiger partial charge in [-0.15, -0.1) is 11.3 Å². The molecule has 0 unspecified atom stereocenters. The number of carbonyl (C=O) groups excluding carboxylic acids is 2. The number of amides is 1. The molecule has 25 heavy (non-hydrogen) atoms. The molecule has 0 bridgehead atoms. The lowest BCUT2D eigenvalue weighted by Crippen LogP contribution is -2.11. The fourth-order valence-electron chi connectivity index (χ4n) is 2.52. The highest BCUT2D eigenvalue weighted by atomic mass is 32.1. The number of fused-ring (bicyclic) bond motifs is 1. The van der Waals surface area contributed by atoms with Crippen LogP contribution in [-0.4, -0.2) is 18.5 Å². The Morgan fingerprint density at radius 1 is 1.28 bits per heavy atom.